The van der Waals surface area contributed by atoms with Gasteiger partial charge in [-0.3, -0.25) is 0 Å². The molecular formula is C5H3F2N7O2. The van der Waals surface area contributed by atoms with Crippen molar-refractivity contribution < 1.29 is 13.9 Å². The second-order valence-corrected chi connectivity index (χ2v) is 2.56. The van der Waals surface area contributed by atoms with Gasteiger partial charge >= 0.3 is 5.82 Å². The monoisotopic (exact) mass is 231 g/mol. The lowest BCUT2D eigenvalue weighted by Crippen LogP contribution is -2.20. The summed E-state index contributed by atoms with van der Waals surface area (Å²) in [7, 11) is 0. The average Bonchev–Trinajstić information content (AvgIpc) is 2.86. The number of aromatic nitrogens is 5. The highest BCUT2D eigenvalue weighted by atomic mass is 19.4. The standard InChI is InChI=1S/C5H3F2N7O2/c6-14(7)12-5(11-3-8-2-9-11)1-4(10-12)13(15)16/h1-3H. The molecule has 0 saturated heterocycles. The predicted molar refractivity (Wildman–Crippen MR) is 44.2 cm³/mol. The van der Waals surface area contributed by atoms with Gasteiger partial charge in [0, 0.05) is 0 Å². The van der Waals surface area contributed by atoms with Gasteiger partial charge in [0.05, 0.1) is 16.6 Å². The van der Waals surface area contributed by atoms with Crippen LogP contribution in [0.15, 0.2) is 18.7 Å². The van der Waals surface area contributed by atoms with E-state index in [1.807, 2.05) is 0 Å². The van der Waals surface area contributed by atoms with Gasteiger partial charge in [0.15, 0.2) is 0 Å². The third-order valence-corrected chi connectivity index (χ3v) is 1.64. The highest BCUT2D eigenvalue weighted by Gasteiger charge is 2.24. The lowest BCUT2D eigenvalue weighted by Gasteiger charge is -2.00. The van der Waals surface area contributed by atoms with Gasteiger partial charge < -0.3 is 10.1 Å². The SMILES string of the molecule is O=[N+]([O-])c1cc(-n2cncn2)n(N(F)F)n1. The van der Waals surface area contributed by atoms with Crippen LogP contribution < -0.4 is 5.45 Å². The fourth-order valence-corrected chi connectivity index (χ4v) is 1.04. The second kappa shape index (κ2) is 3.52. The molecule has 0 aliphatic rings. The number of nitro groups is 1. The smallest absolute Gasteiger partial charge is 0.358 e. The fourth-order valence-electron chi connectivity index (χ4n) is 1.04. The highest BCUT2D eigenvalue weighted by molar-refractivity contribution is 5.32. The Balaban J connectivity index is 2.55. The maximum absolute atomic E-state index is 12.3. The molecule has 0 atom stereocenters. The zero-order valence-electron chi connectivity index (χ0n) is 7.43. The Morgan fingerprint density at radius 2 is 2.25 bits per heavy atom. The molecule has 0 bridgehead atoms. The zero-order valence-corrected chi connectivity index (χ0v) is 7.43. The summed E-state index contributed by atoms with van der Waals surface area (Å²) in [4.78, 5) is 13.1. The van der Waals surface area contributed by atoms with E-state index < -0.39 is 16.2 Å². The Hall–Kier alpha value is -2.59. The Bertz CT molecular complexity index is 507. The molecule has 9 nitrogen and oxygen atoms in total. The Kier molecular flexibility index (Phi) is 2.19. The first-order chi connectivity index (χ1) is 7.59. The van der Waals surface area contributed by atoms with E-state index in [-0.39, 0.29) is 10.6 Å². The van der Waals surface area contributed by atoms with Crippen molar-refractivity contribution in [3.8, 4) is 5.82 Å². The van der Waals surface area contributed by atoms with Crippen molar-refractivity contribution in [1.29, 1.82) is 0 Å². The van der Waals surface area contributed by atoms with Crippen molar-refractivity contribution in [3.63, 3.8) is 0 Å². The van der Waals surface area contributed by atoms with Crippen LogP contribution in [0.2, 0.25) is 0 Å². The van der Waals surface area contributed by atoms with Crippen LogP contribution in [0.25, 0.3) is 5.82 Å². The predicted octanol–water partition coefficient (Wildman–Crippen LogP) is 0.0790. The van der Waals surface area contributed by atoms with Crippen LogP contribution in [0, 0.1) is 10.1 Å². The molecule has 0 radical (unpaired) electrons. The normalized spacial score (nSPS) is 10.4. The fraction of sp³-hybridized carbons (Fsp3) is 0. The average molecular weight is 231 g/mol. The third-order valence-electron chi connectivity index (χ3n) is 1.64. The van der Waals surface area contributed by atoms with Crippen LogP contribution in [0.3, 0.4) is 0 Å². The van der Waals surface area contributed by atoms with Gasteiger partial charge in [-0.2, -0.15) is 9.78 Å². The van der Waals surface area contributed by atoms with Crippen LogP contribution in [0.4, 0.5) is 14.8 Å². The topological polar surface area (TPSA) is 94.9 Å². The van der Waals surface area contributed by atoms with Crippen LogP contribution in [-0.2, 0) is 0 Å². The molecule has 2 aromatic rings. The van der Waals surface area contributed by atoms with Crippen molar-refractivity contribution in [3.05, 3.63) is 28.8 Å². The van der Waals surface area contributed by atoms with Crippen molar-refractivity contribution in [2.24, 2.45) is 0 Å². The molecule has 0 aliphatic carbocycles. The maximum Gasteiger partial charge on any atom is 0.394 e. The Morgan fingerprint density at radius 3 is 2.75 bits per heavy atom. The maximum atomic E-state index is 12.3. The van der Waals surface area contributed by atoms with Gasteiger partial charge in [0.25, 0.3) is 0 Å². The van der Waals surface area contributed by atoms with Crippen LogP contribution in [0.5, 0.6) is 0 Å². The quantitative estimate of drug-likeness (QED) is 0.421. The second-order valence-electron chi connectivity index (χ2n) is 2.56. The van der Waals surface area contributed by atoms with Gasteiger partial charge in [0.1, 0.15) is 12.7 Å². The molecule has 0 aliphatic heterocycles. The molecule has 0 amide bonds. The molecule has 0 aromatic carbocycles. The molecule has 0 saturated carbocycles. The summed E-state index contributed by atoms with van der Waals surface area (Å²) >= 11 is 0. The zero-order chi connectivity index (χ0) is 11.7. The lowest BCUT2D eigenvalue weighted by atomic mass is 10.6. The highest BCUT2D eigenvalue weighted by Crippen LogP contribution is 2.15. The van der Waals surface area contributed by atoms with E-state index >= 15 is 0 Å². The van der Waals surface area contributed by atoms with Crippen LogP contribution >= 0.6 is 0 Å². The first kappa shape index (κ1) is 9.95. The van der Waals surface area contributed by atoms with E-state index in [4.69, 9.17) is 0 Å². The van der Waals surface area contributed by atoms with Gasteiger partial charge in [-0.15, -0.1) is 0 Å². The summed E-state index contributed by atoms with van der Waals surface area (Å²) in [5.41, 5.74) is -1.40. The third kappa shape index (κ3) is 1.53. The number of halogens is 2. The number of nitrogens with zero attached hydrogens (tertiary/aromatic N) is 7. The first-order valence-electron chi connectivity index (χ1n) is 3.81. The molecule has 11 heteroatoms. The van der Waals surface area contributed by atoms with Crippen molar-refractivity contribution in [1.82, 2.24) is 24.7 Å². The van der Waals surface area contributed by atoms with E-state index in [1.165, 1.54) is 0 Å². The number of hydrogen-bond donors (Lipinski definition) is 0. The van der Waals surface area contributed by atoms with Crippen molar-refractivity contribution in [2.75, 3.05) is 5.45 Å². The molecule has 84 valence electrons. The van der Waals surface area contributed by atoms with E-state index in [0.717, 1.165) is 23.4 Å². The molecular weight excluding hydrogens is 228 g/mol. The Labute approximate surface area is 85.5 Å². The molecule has 2 aromatic heterocycles. The molecule has 2 rings (SSSR count). The number of rotatable bonds is 3. The van der Waals surface area contributed by atoms with Crippen molar-refractivity contribution >= 4 is 5.82 Å². The summed E-state index contributed by atoms with van der Waals surface area (Å²) in [5.74, 6) is -1.01. The lowest BCUT2D eigenvalue weighted by molar-refractivity contribution is -0.390. The molecule has 0 unspecified atom stereocenters. The summed E-state index contributed by atoms with van der Waals surface area (Å²) < 4.78 is 25.6. The number of hydrogen-bond acceptors (Lipinski definition) is 6. The summed E-state index contributed by atoms with van der Waals surface area (Å²) in [6.07, 6.45) is 2.21. The van der Waals surface area contributed by atoms with Gasteiger partial charge in [0.2, 0.25) is 5.82 Å². The van der Waals surface area contributed by atoms with Gasteiger partial charge in [-0.1, -0.05) is 0 Å². The minimum absolute atomic E-state index is 0.0345. The molecule has 0 N–H and O–H groups in total. The molecule has 2 heterocycles. The van der Waals surface area contributed by atoms with E-state index in [0.29, 0.717) is 0 Å². The van der Waals surface area contributed by atoms with E-state index in [9.17, 15) is 19.1 Å². The molecule has 16 heavy (non-hydrogen) atoms. The molecule has 0 spiro atoms. The largest absolute Gasteiger partial charge is 0.394 e. The minimum Gasteiger partial charge on any atom is -0.358 e. The summed E-state index contributed by atoms with van der Waals surface area (Å²) in [5, 5.41) is 17.0. The van der Waals surface area contributed by atoms with Crippen molar-refractivity contribution in [2.45, 2.75) is 0 Å². The van der Waals surface area contributed by atoms with Crippen LogP contribution in [0.1, 0.15) is 0 Å². The molecule has 0 fully saturated rings. The van der Waals surface area contributed by atoms with Gasteiger partial charge in [-0.05, 0) is 18.7 Å². The Morgan fingerprint density at radius 1 is 1.50 bits per heavy atom. The first-order valence-corrected chi connectivity index (χ1v) is 3.81. The van der Waals surface area contributed by atoms with E-state index in [1.54, 1.807) is 0 Å². The van der Waals surface area contributed by atoms with Gasteiger partial charge in [-0.25, -0.2) is 4.98 Å². The van der Waals surface area contributed by atoms with E-state index in [2.05, 4.69) is 15.2 Å². The van der Waals surface area contributed by atoms with Crippen LogP contribution in [-0.4, -0.2) is 29.6 Å². The minimum atomic E-state index is -1.40. The summed E-state index contributed by atoms with van der Waals surface area (Å²) in [6, 6.07) is 0.848. The summed E-state index contributed by atoms with van der Waals surface area (Å²) in [6.45, 7) is 0.